The maximum Gasteiger partial charge on any atom is 0.234 e. The van der Waals surface area contributed by atoms with Crippen LogP contribution in [0.4, 0.5) is 14.5 Å². The smallest absolute Gasteiger partial charge is 0.234 e. The Morgan fingerprint density at radius 3 is 2.67 bits per heavy atom. The number of piperidine rings is 1. The van der Waals surface area contributed by atoms with E-state index < -0.39 is 36.1 Å². The number of nitroso groups, excluding NO2 is 1. The number of hydrogen-bond acceptors (Lipinski definition) is 9. The van der Waals surface area contributed by atoms with Gasteiger partial charge in [0.1, 0.15) is 23.9 Å². The third-order valence-electron chi connectivity index (χ3n) is 5.33. The highest BCUT2D eigenvalue weighted by Gasteiger charge is 2.37. The maximum absolute atomic E-state index is 14.4. The highest BCUT2D eigenvalue weighted by atomic mass is 19.1. The van der Waals surface area contributed by atoms with Crippen LogP contribution < -0.4 is 26.4 Å². The van der Waals surface area contributed by atoms with E-state index in [4.69, 9.17) is 10.5 Å². The molecule has 2 fully saturated rings. The van der Waals surface area contributed by atoms with Crippen LogP contribution in [0.1, 0.15) is 12.8 Å². The predicted molar refractivity (Wildman–Crippen MR) is 106 cm³/mol. The summed E-state index contributed by atoms with van der Waals surface area (Å²) in [6.07, 6.45) is 0.195. The molecule has 0 radical (unpaired) electrons. The maximum atomic E-state index is 14.4. The van der Waals surface area contributed by atoms with Gasteiger partial charge in [0.15, 0.2) is 17.7 Å². The second-order valence-electron chi connectivity index (χ2n) is 7.62. The minimum Gasteiger partial charge on any atom is -0.485 e. The number of amides is 1. The first-order chi connectivity index (χ1) is 14.4. The number of hydrogen-bond donors (Lipinski definition) is 4. The number of alkyl halides is 1. The molecule has 2 atom stereocenters. The molecule has 0 spiro atoms. The molecule has 1 aromatic heterocycles. The van der Waals surface area contributed by atoms with Gasteiger partial charge in [-0.2, -0.15) is 0 Å². The van der Waals surface area contributed by atoms with Crippen LogP contribution in [0.2, 0.25) is 0 Å². The van der Waals surface area contributed by atoms with E-state index in [1.165, 1.54) is 6.20 Å². The number of carbonyl (C=O) groups is 1. The number of halogens is 2. The zero-order valence-corrected chi connectivity index (χ0v) is 16.7. The number of rotatable bonds is 7. The number of likely N-dealkylation sites (tertiary alicyclic amines) is 1. The van der Waals surface area contributed by atoms with E-state index in [1.54, 1.807) is 0 Å². The second-order valence-corrected chi connectivity index (χ2v) is 7.62. The summed E-state index contributed by atoms with van der Waals surface area (Å²) in [6.45, 7) is 1.63. The van der Waals surface area contributed by atoms with Crippen molar-refractivity contribution in [2.45, 2.75) is 37.4 Å². The summed E-state index contributed by atoms with van der Waals surface area (Å²) in [4.78, 5) is 29.9. The first-order valence-electron chi connectivity index (χ1n) is 9.87. The Morgan fingerprint density at radius 2 is 2.03 bits per heavy atom. The summed E-state index contributed by atoms with van der Waals surface area (Å²) in [6, 6.07) is 0. The number of anilines is 1. The summed E-state index contributed by atoms with van der Waals surface area (Å²) < 4.78 is 33.7. The first kappa shape index (κ1) is 22.4. The molecule has 1 aromatic rings. The van der Waals surface area contributed by atoms with E-state index >= 15 is 0 Å². The fraction of sp³-hybridized carbons (Fsp3) is 0.667. The van der Waals surface area contributed by atoms with Gasteiger partial charge in [0, 0.05) is 26.2 Å². The summed E-state index contributed by atoms with van der Waals surface area (Å²) in [5.41, 5.74) is 5.76. The second kappa shape index (κ2) is 10.2. The number of nitrogens with one attached hydrogen (secondary N) is 3. The molecule has 2 unspecified atom stereocenters. The van der Waals surface area contributed by atoms with Crippen LogP contribution in [0.3, 0.4) is 0 Å². The molecule has 1 amide bonds. The largest absolute Gasteiger partial charge is 0.485 e. The average Bonchev–Trinajstić information content (AvgIpc) is 2.73. The molecule has 12 heteroatoms. The fourth-order valence-corrected chi connectivity index (χ4v) is 3.59. The van der Waals surface area contributed by atoms with E-state index in [1.807, 2.05) is 7.05 Å². The van der Waals surface area contributed by atoms with Gasteiger partial charge in [-0.25, -0.2) is 8.78 Å². The van der Waals surface area contributed by atoms with Crippen molar-refractivity contribution < 1.29 is 18.3 Å². The van der Waals surface area contributed by atoms with Crippen LogP contribution in [0, 0.1) is 16.6 Å². The van der Waals surface area contributed by atoms with E-state index in [2.05, 4.69) is 31.0 Å². The molecular formula is C18H27F2N7O3. The predicted octanol–water partition coefficient (Wildman–Crippen LogP) is 0.157. The molecule has 3 heterocycles. The molecule has 10 nitrogen and oxygen atoms in total. The van der Waals surface area contributed by atoms with Crippen molar-refractivity contribution in [1.29, 1.82) is 0 Å². The van der Waals surface area contributed by atoms with Crippen molar-refractivity contribution in [3.05, 3.63) is 23.1 Å². The SMILES string of the molecule is CN1CCC(Oc2c(F)cncc2NC(=O)C(C(N)N=O)C2NCC(F)CN2)CC1. The molecule has 30 heavy (non-hydrogen) atoms. The number of ether oxygens (including phenoxy) is 1. The minimum absolute atomic E-state index is 0.000960. The summed E-state index contributed by atoms with van der Waals surface area (Å²) >= 11 is 0. The normalized spacial score (nSPS) is 25.3. The summed E-state index contributed by atoms with van der Waals surface area (Å²) in [7, 11) is 2.00. The molecule has 0 bridgehead atoms. The van der Waals surface area contributed by atoms with Gasteiger partial charge in [-0.15, -0.1) is 4.91 Å². The Kier molecular flexibility index (Phi) is 7.58. The molecule has 5 N–H and O–H groups in total. The molecule has 166 valence electrons. The van der Waals surface area contributed by atoms with E-state index in [0.29, 0.717) is 12.8 Å². The van der Waals surface area contributed by atoms with Crippen LogP contribution in [0.25, 0.3) is 0 Å². The number of carbonyl (C=O) groups excluding carboxylic acids is 1. The standard InChI is InChI=1S/C18H27F2N7O3/c1-27-4-2-11(3-5-27)30-15-12(20)8-22-9-13(15)25-18(28)14(16(21)26-29)17-23-6-10(19)7-24-17/h8-11,14,16-17,23-24H,2-7,21H2,1H3,(H,25,28). The van der Waals surface area contributed by atoms with Gasteiger partial charge in [0.05, 0.1) is 18.6 Å². The Balaban J connectivity index is 1.75. The molecule has 2 aliphatic heterocycles. The van der Waals surface area contributed by atoms with Gasteiger partial charge in [0.25, 0.3) is 0 Å². The van der Waals surface area contributed by atoms with Crippen molar-refractivity contribution >= 4 is 11.6 Å². The minimum atomic E-state index is -1.40. The first-order valence-corrected chi connectivity index (χ1v) is 9.87. The van der Waals surface area contributed by atoms with Crippen LogP contribution in [0.5, 0.6) is 5.75 Å². The van der Waals surface area contributed by atoms with Gasteiger partial charge in [-0.05, 0) is 19.9 Å². The monoisotopic (exact) mass is 427 g/mol. The molecular weight excluding hydrogens is 400 g/mol. The molecule has 2 saturated heterocycles. The number of pyridine rings is 1. The fourth-order valence-electron chi connectivity index (χ4n) is 3.59. The van der Waals surface area contributed by atoms with Gasteiger partial charge in [-0.1, -0.05) is 5.18 Å². The highest BCUT2D eigenvalue weighted by molar-refractivity contribution is 5.94. The highest BCUT2D eigenvalue weighted by Crippen LogP contribution is 2.30. The zero-order chi connectivity index (χ0) is 21.7. The molecule has 2 aliphatic rings. The third kappa shape index (κ3) is 5.45. The topological polar surface area (TPSA) is 134 Å². The van der Waals surface area contributed by atoms with Crippen LogP contribution in [0.15, 0.2) is 17.6 Å². The molecule has 3 rings (SSSR count). The van der Waals surface area contributed by atoms with Gasteiger partial charge in [0.2, 0.25) is 5.91 Å². The quantitative estimate of drug-likeness (QED) is 0.452. The van der Waals surface area contributed by atoms with Crippen molar-refractivity contribution in [3.63, 3.8) is 0 Å². The third-order valence-corrected chi connectivity index (χ3v) is 5.33. The van der Waals surface area contributed by atoms with Crippen LogP contribution in [-0.2, 0) is 4.79 Å². The van der Waals surface area contributed by atoms with E-state index in [-0.39, 0.29) is 30.6 Å². The lowest BCUT2D eigenvalue weighted by atomic mass is 9.99. The van der Waals surface area contributed by atoms with Crippen molar-refractivity contribution in [2.24, 2.45) is 16.8 Å². The lowest BCUT2D eigenvalue weighted by molar-refractivity contribution is -0.122. The van der Waals surface area contributed by atoms with Crippen molar-refractivity contribution in [3.8, 4) is 5.75 Å². The number of nitrogens with two attached hydrogens (primary N) is 1. The van der Waals surface area contributed by atoms with Gasteiger partial charge < -0.3 is 20.7 Å². The van der Waals surface area contributed by atoms with Crippen LogP contribution >= 0.6 is 0 Å². The summed E-state index contributed by atoms with van der Waals surface area (Å²) in [5.74, 6) is -2.68. The Bertz CT molecular complexity index is 740. The van der Waals surface area contributed by atoms with E-state index in [9.17, 15) is 18.5 Å². The number of nitrogens with zero attached hydrogens (tertiary/aromatic N) is 3. The van der Waals surface area contributed by atoms with Gasteiger partial charge in [-0.3, -0.25) is 20.4 Å². The Labute approximate surface area is 172 Å². The lowest BCUT2D eigenvalue weighted by Crippen LogP contribution is -2.62. The average molecular weight is 427 g/mol. The lowest BCUT2D eigenvalue weighted by Gasteiger charge is -2.34. The van der Waals surface area contributed by atoms with Crippen LogP contribution in [-0.4, -0.2) is 73.6 Å². The molecule has 0 aliphatic carbocycles. The molecule has 0 aromatic carbocycles. The van der Waals surface area contributed by atoms with E-state index in [0.717, 1.165) is 19.3 Å². The van der Waals surface area contributed by atoms with Crippen molar-refractivity contribution in [2.75, 3.05) is 38.5 Å². The zero-order valence-electron chi connectivity index (χ0n) is 16.7. The molecule has 0 saturated carbocycles. The Hall–Kier alpha value is -2.28. The number of aromatic nitrogens is 1. The van der Waals surface area contributed by atoms with Crippen molar-refractivity contribution in [1.82, 2.24) is 20.5 Å². The Morgan fingerprint density at radius 1 is 1.37 bits per heavy atom. The van der Waals surface area contributed by atoms with Gasteiger partial charge >= 0.3 is 0 Å². The summed E-state index contributed by atoms with van der Waals surface area (Å²) in [5, 5.41) is 10.9.